The lowest BCUT2D eigenvalue weighted by Crippen LogP contribution is -2.67. The first-order chi connectivity index (χ1) is 16.0. The fourth-order valence-electron chi connectivity index (χ4n) is 5.27. The Morgan fingerprint density at radius 2 is 1.47 bits per heavy atom. The molecule has 15 heteroatoms. The van der Waals surface area contributed by atoms with Crippen LogP contribution in [-0.4, -0.2) is 140 Å². The lowest BCUT2D eigenvalue weighted by molar-refractivity contribution is -0.330. The van der Waals surface area contributed by atoms with Crippen LogP contribution >= 0.6 is 0 Å². The summed E-state index contributed by atoms with van der Waals surface area (Å²) in [6.07, 6.45) is -14.6. The highest BCUT2D eigenvalue weighted by Crippen LogP contribution is 2.55. The van der Waals surface area contributed by atoms with Crippen LogP contribution in [-0.2, 0) is 18.9 Å². The summed E-state index contributed by atoms with van der Waals surface area (Å²) < 4.78 is 22.8. The fraction of sp³-hybridized carbons (Fsp3) is 1.00. The molecule has 2 aliphatic carbocycles. The van der Waals surface area contributed by atoms with E-state index in [9.17, 15) is 35.7 Å². The zero-order chi connectivity index (χ0) is 25.1. The van der Waals surface area contributed by atoms with Gasteiger partial charge in [0, 0.05) is 24.7 Å². The number of aliphatic hydroxyl groups is 7. The Kier molecular flexibility index (Phi) is 7.55. The van der Waals surface area contributed by atoms with Gasteiger partial charge in [0.15, 0.2) is 6.29 Å². The van der Waals surface area contributed by atoms with Gasteiger partial charge in [-0.2, -0.15) is 0 Å². The molecule has 0 aromatic heterocycles. The van der Waals surface area contributed by atoms with Crippen molar-refractivity contribution in [1.29, 1.82) is 0 Å². The summed E-state index contributed by atoms with van der Waals surface area (Å²) in [5.41, 5.74) is 23.9. The number of ether oxygens (including phenoxy) is 4. The Morgan fingerprint density at radius 3 is 2.09 bits per heavy atom. The Bertz CT molecular complexity index is 722. The van der Waals surface area contributed by atoms with E-state index in [1.165, 1.54) is 0 Å². The summed E-state index contributed by atoms with van der Waals surface area (Å²) in [5, 5.41) is 71.6. The number of aliphatic hydroxyl groups excluding tert-OH is 7. The molecule has 2 saturated carbocycles. The largest absolute Gasteiger partial charge is 0.394 e. The summed E-state index contributed by atoms with van der Waals surface area (Å²) in [4.78, 5) is 0. The van der Waals surface area contributed by atoms with E-state index < -0.39 is 104 Å². The van der Waals surface area contributed by atoms with Crippen molar-refractivity contribution >= 4 is 0 Å². The van der Waals surface area contributed by atoms with Gasteiger partial charge >= 0.3 is 0 Å². The lowest BCUT2D eigenvalue weighted by atomic mass is 9.84. The summed E-state index contributed by atoms with van der Waals surface area (Å²) in [6, 6.07) is -2.62. The van der Waals surface area contributed by atoms with Crippen molar-refractivity contribution in [2.75, 3.05) is 13.2 Å². The predicted octanol–water partition coefficient (Wildman–Crippen LogP) is -7.29. The third kappa shape index (κ3) is 4.17. The van der Waals surface area contributed by atoms with Crippen molar-refractivity contribution in [3.63, 3.8) is 0 Å². The number of fused-ring (bicyclic) bond motifs is 1. The van der Waals surface area contributed by atoms with Crippen molar-refractivity contribution < 1.29 is 54.7 Å². The zero-order valence-electron chi connectivity index (χ0n) is 18.4. The molecule has 0 spiro atoms. The number of hydrogen-bond acceptors (Lipinski definition) is 15. The van der Waals surface area contributed by atoms with Gasteiger partial charge in [-0.15, -0.1) is 0 Å². The lowest BCUT2D eigenvalue weighted by Gasteiger charge is -2.47. The molecular formula is C19H36N4O11. The Hall–Kier alpha value is -0.600. The van der Waals surface area contributed by atoms with E-state index in [4.69, 9.17) is 41.9 Å². The first-order valence-corrected chi connectivity index (χ1v) is 11.3. The molecule has 2 aliphatic heterocycles. The van der Waals surface area contributed by atoms with E-state index in [0.29, 0.717) is 0 Å². The van der Waals surface area contributed by atoms with Crippen LogP contribution in [0.3, 0.4) is 0 Å². The minimum absolute atomic E-state index is 0.0929. The second-order valence-corrected chi connectivity index (χ2v) is 9.59. The maximum Gasteiger partial charge on any atom is 0.203 e. The monoisotopic (exact) mass is 496 g/mol. The smallest absolute Gasteiger partial charge is 0.203 e. The zero-order valence-corrected chi connectivity index (χ0v) is 18.4. The second-order valence-electron chi connectivity index (χ2n) is 9.59. The van der Waals surface area contributed by atoms with Crippen LogP contribution in [0, 0.1) is 5.92 Å². The second kappa shape index (κ2) is 9.70. The van der Waals surface area contributed by atoms with E-state index in [1.54, 1.807) is 0 Å². The fourth-order valence-corrected chi connectivity index (χ4v) is 5.27. The van der Waals surface area contributed by atoms with Crippen LogP contribution in [0.1, 0.15) is 6.42 Å². The Labute approximate surface area is 195 Å². The third-order valence-corrected chi connectivity index (χ3v) is 7.39. The molecular weight excluding hydrogens is 460 g/mol. The van der Waals surface area contributed by atoms with Gasteiger partial charge in [0.2, 0.25) is 5.79 Å². The van der Waals surface area contributed by atoms with Gasteiger partial charge in [0.1, 0.15) is 54.9 Å². The van der Waals surface area contributed by atoms with E-state index in [0.717, 1.165) is 0 Å². The maximum atomic E-state index is 11.1. The predicted molar refractivity (Wildman–Crippen MR) is 110 cm³/mol. The van der Waals surface area contributed by atoms with Gasteiger partial charge in [-0.05, 0) is 6.42 Å². The number of hydrogen-bond donors (Lipinski definition) is 11. The molecule has 34 heavy (non-hydrogen) atoms. The van der Waals surface area contributed by atoms with Crippen LogP contribution in [0.25, 0.3) is 0 Å². The summed E-state index contributed by atoms with van der Waals surface area (Å²) in [6.45, 7) is -0.749. The molecule has 4 aliphatic rings. The molecule has 0 amide bonds. The molecule has 4 rings (SSSR count). The van der Waals surface area contributed by atoms with Crippen molar-refractivity contribution in [3.8, 4) is 0 Å². The Balaban J connectivity index is 1.50. The standard InChI is InChI=1S/C19H36N4O11/c20-2-6-11(26)12(27)13(28)18(31-6)32-15-4(21)1-5(22)16(14(15)29)34-19-8(17(19)30)9(23)10(25)7(3-24)33-19/h4-18,24-30H,1-3,20-23H2/t4?,5-,6?,7?,8?,9?,10-,11-,12?,13?,14?,15-,16?,17?,18+,19?/m1/s1. The number of rotatable bonds is 6. The van der Waals surface area contributed by atoms with Crippen LogP contribution in [0.15, 0.2) is 0 Å². The molecule has 15 N–H and O–H groups in total. The molecule has 4 fully saturated rings. The summed E-state index contributed by atoms with van der Waals surface area (Å²) >= 11 is 0. The van der Waals surface area contributed by atoms with E-state index in [-0.39, 0.29) is 13.0 Å². The maximum absolute atomic E-state index is 11.1. The van der Waals surface area contributed by atoms with Crippen molar-refractivity contribution in [1.82, 2.24) is 0 Å². The van der Waals surface area contributed by atoms with E-state index in [1.807, 2.05) is 0 Å². The van der Waals surface area contributed by atoms with Crippen LogP contribution < -0.4 is 22.9 Å². The van der Waals surface area contributed by atoms with Crippen LogP contribution in [0.5, 0.6) is 0 Å². The average Bonchev–Trinajstić information content (AvgIpc) is 3.39. The summed E-state index contributed by atoms with van der Waals surface area (Å²) in [5.74, 6) is -2.53. The van der Waals surface area contributed by atoms with Gasteiger partial charge < -0.3 is 77.6 Å². The highest BCUT2D eigenvalue weighted by Gasteiger charge is 2.76. The molecule has 11 unspecified atom stereocenters. The van der Waals surface area contributed by atoms with Crippen LogP contribution in [0.4, 0.5) is 0 Å². The van der Waals surface area contributed by atoms with Crippen molar-refractivity contribution in [2.24, 2.45) is 28.9 Å². The molecule has 16 atom stereocenters. The first kappa shape index (κ1) is 26.5. The molecule has 0 aromatic carbocycles. The highest BCUT2D eigenvalue weighted by atomic mass is 16.7. The minimum atomic E-state index is -1.70. The highest BCUT2D eigenvalue weighted by molar-refractivity contribution is 5.19. The summed E-state index contributed by atoms with van der Waals surface area (Å²) in [7, 11) is 0. The van der Waals surface area contributed by atoms with Crippen molar-refractivity contribution in [2.45, 2.75) is 97.7 Å². The molecule has 0 aromatic rings. The first-order valence-electron chi connectivity index (χ1n) is 11.3. The molecule has 2 saturated heterocycles. The van der Waals surface area contributed by atoms with Gasteiger partial charge in [-0.1, -0.05) is 0 Å². The molecule has 2 heterocycles. The van der Waals surface area contributed by atoms with E-state index in [2.05, 4.69) is 0 Å². The van der Waals surface area contributed by atoms with Gasteiger partial charge in [0.05, 0.1) is 18.6 Å². The molecule has 0 bridgehead atoms. The molecule has 0 radical (unpaired) electrons. The van der Waals surface area contributed by atoms with Gasteiger partial charge in [-0.25, -0.2) is 0 Å². The quantitative estimate of drug-likeness (QED) is 0.163. The van der Waals surface area contributed by atoms with Crippen molar-refractivity contribution in [3.05, 3.63) is 0 Å². The SMILES string of the molecule is NCC1O[C@@H](O[C@@H]2C(N)C[C@@H](N)C(OC34OC(CO)[C@@H](O)C(N)C3C4O)C2O)C(O)C(O)[C@@H]1O. The molecule has 15 nitrogen and oxygen atoms in total. The van der Waals surface area contributed by atoms with Gasteiger partial charge in [-0.3, -0.25) is 0 Å². The average molecular weight is 497 g/mol. The topological polar surface area (TPSA) is 283 Å². The third-order valence-electron chi connectivity index (χ3n) is 7.39. The Morgan fingerprint density at radius 1 is 0.824 bits per heavy atom. The van der Waals surface area contributed by atoms with Crippen LogP contribution in [0.2, 0.25) is 0 Å². The minimum Gasteiger partial charge on any atom is -0.394 e. The van der Waals surface area contributed by atoms with Gasteiger partial charge in [0.25, 0.3) is 0 Å². The normalized spacial score (nSPS) is 57.8. The van der Waals surface area contributed by atoms with E-state index >= 15 is 0 Å². The molecule has 198 valence electrons. The number of nitrogens with two attached hydrogens (primary N) is 4.